The van der Waals surface area contributed by atoms with E-state index in [9.17, 15) is 9.59 Å². The second-order valence-corrected chi connectivity index (χ2v) is 11.6. The predicted octanol–water partition coefficient (Wildman–Crippen LogP) is 6.04. The smallest absolute Gasteiger partial charge is 0.270 e. The SMILES string of the molecule is COc1cccc(-c2ccc(C(=O)N3Cc4ccc(C(=O)N5CCN(c6ccncc6)CC5)n4Cc4ccccc43)cc2C)c1. The van der Waals surface area contributed by atoms with Gasteiger partial charge in [-0.2, -0.15) is 0 Å². The zero-order valence-electron chi connectivity index (χ0n) is 25.5. The number of hydrogen-bond acceptors (Lipinski definition) is 5. The van der Waals surface area contributed by atoms with Crippen LogP contribution in [-0.4, -0.2) is 59.6 Å². The minimum Gasteiger partial charge on any atom is -0.497 e. The van der Waals surface area contributed by atoms with E-state index in [1.807, 2.05) is 108 Å². The first-order chi connectivity index (χ1) is 22.0. The second-order valence-electron chi connectivity index (χ2n) is 11.6. The number of methoxy groups -OCH3 is 1. The van der Waals surface area contributed by atoms with Crippen molar-refractivity contribution in [3.8, 4) is 16.9 Å². The molecule has 0 spiro atoms. The van der Waals surface area contributed by atoms with Gasteiger partial charge in [0.25, 0.3) is 11.8 Å². The lowest BCUT2D eigenvalue weighted by Gasteiger charge is -2.36. The first-order valence-electron chi connectivity index (χ1n) is 15.3. The van der Waals surface area contributed by atoms with E-state index in [2.05, 4.69) is 14.5 Å². The third-order valence-electron chi connectivity index (χ3n) is 8.92. The van der Waals surface area contributed by atoms with Crippen LogP contribution in [0.3, 0.4) is 0 Å². The van der Waals surface area contributed by atoms with Crippen LogP contribution in [0.4, 0.5) is 11.4 Å². The highest BCUT2D eigenvalue weighted by Gasteiger charge is 2.30. The third-order valence-corrected chi connectivity index (χ3v) is 8.92. The molecule has 0 bridgehead atoms. The van der Waals surface area contributed by atoms with Crippen molar-refractivity contribution in [1.29, 1.82) is 0 Å². The van der Waals surface area contributed by atoms with E-state index in [1.165, 1.54) is 0 Å². The van der Waals surface area contributed by atoms with Crippen molar-refractivity contribution < 1.29 is 14.3 Å². The minimum absolute atomic E-state index is 0.0247. The number of para-hydroxylation sites is 1. The molecule has 1 saturated heterocycles. The van der Waals surface area contributed by atoms with Gasteiger partial charge in [0.05, 0.1) is 20.2 Å². The Morgan fingerprint density at radius 1 is 0.778 bits per heavy atom. The molecule has 2 aliphatic rings. The van der Waals surface area contributed by atoms with Gasteiger partial charge in [0.1, 0.15) is 11.4 Å². The van der Waals surface area contributed by atoms with Crippen LogP contribution >= 0.6 is 0 Å². The summed E-state index contributed by atoms with van der Waals surface area (Å²) in [4.78, 5) is 38.2. The second kappa shape index (κ2) is 12.0. The first-order valence-corrected chi connectivity index (χ1v) is 15.3. The van der Waals surface area contributed by atoms with Gasteiger partial charge in [-0.1, -0.05) is 36.4 Å². The molecule has 226 valence electrons. The number of pyridine rings is 1. The molecule has 0 radical (unpaired) electrons. The number of fused-ring (bicyclic) bond motifs is 2. The van der Waals surface area contributed by atoms with Crippen molar-refractivity contribution in [2.24, 2.45) is 0 Å². The monoisotopic (exact) mass is 597 g/mol. The normalized spacial score (nSPS) is 14.4. The molecule has 2 amide bonds. The molecular weight excluding hydrogens is 562 g/mol. The summed E-state index contributed by atoms with van der Waals surface area (Å²) in [6.45, 7) is 5.75. The molecule has 0 atom stereocenters. The number of aromatic nitrogens is 2. The Morgan fingerprint density at radius 3 is 2.36 bits per heavy atom. The maximum atomic E-state index is 14.2. The van der Waals surface area contributed by atoms with Gasteiger partial charge in [0.2, 0.25) is 0 Å². The molecular formula is C37H35N5O3. The Labute approximate surface area is 263 Å². The summed E-state index contributed by atoms with van der Waals surface area (Å²) in [6.07, 6.45) is 3.60. The zero-order chi connectivity index (χ0) is 30.9. The maximum Gasteiger partial charge on any atom is 0.270 e. The van der Waals surface area contributed by atoms with E-state index in [0.717, 1.165) is 58.2 Å². The van der Waals surface area contributed by atoms with E-state index >= 15 is 0 Å². The van der Waals surface area contributed by atoms with Crippen LogP contribution in [0.5, 0.6) is 5.75 Å². The Bertz CT molecular complexity index is 1870. The fraction of sp³-hybridized carbons (Fsp3) is 0.216. The van der Waals surface area contributed by atoms with Gasteiger partial charge in [-0.15, -0.1) is 0 Å². The molecule has 7 rings (SSSR count). The molecule has 0 N–H and O–H groups in total. The highest BCUT2D eigenvalue weighted by molar-refractivity contribution is 6.07. The van der Waals surface area contributed by atoms with Crippen molar-refractivity contribution in [2.45, 2.75) is 20.0 Å². The molecule has 8 nitrogen and oxygen atoms in total. The van der Waals surface area contributed by atoms with E-state index in [4.69, 9.17) is 4.74 Å². The zero-order valence-corrected chi connectivity index (χ0v) is 25.5. The number of aryl methyl sites for hydroxylation is 1. The predicted molar refractivity (Wildman–Crippen MR) is 176 cm³/mol. The molecule has 45 heavy (non-hydrogen) atoms. The summed E-state index contributed by atoms with van der Waals surface area (Å²) in [5.41, 5.74) is 8.32. The van der Waals surface area contributed by atoms with Crippen molar-refractivity contribution in [3.63, 3.8) is 0 Å². The molecule has 1 fully saturated rings. The minimum atomic E-state index is -0.0718. The summed E-state index contributed by atoms with van der Waals surface area (Å²) in [5.74, 6) is 0.746. The lowest BCUT2D eigenvalue weighted by molar-refractivity contribution is 0.0736. The lowest BCUT2D eigenvalue weighted by Crippen LogP contribution is -2.49. The van der Waals surface area contributed by atoms with Crippen molar-refractivity contribution in [3.05, 3.63) is 131 Å². The summed E-state index contributed by atoms with van der Waals surface area (Å²) in [7, 11) is 1.66. The third kappa shape index (κ3) is 5.44. The molecule has 0 unspecified atom stereocenters. The van der Waals surface area contributed by atoms with Gasteiger partial charge in [0, 0.05) is 61.2 Å². The number of piperazine rings is 1. The van der Waals surface area contributed by atoms with E-state index in [-0.39, 0.29) is 11.8 Å². The number of rotatable bonds is 5. The maximum absolute atomic E-state index is 14.2. The average Bonchev–Trinajstić information content (AvgIpc) is 3.40. The van der Waals surface area contributed by atoms with Crippen LogP contribution < -0.4 is 14.5 Å². The molecule has 2 aromatic heterocycles. The molecule has 8 heteroatoms. The van der Waals surface area contributed by atoms with Crippen molar-refractivity contribution in [1.82, 2.24) is 14.5 Å². The van der Waals surface area contributed by atoms with E-state index < -0.39 is 0 Å². The van der Waals surface area contributed by atoms with Crippen molar-refractivity contribution >= 4 is 23.2 Å². The Kier molecular flexibility index (Phi) is 7.55. The highest BCUT2D eigenvalue weighted by atomic mass is 16.5. The number of benzene rings is 3. The number of carbonyl (C=O) groups excluding carboxylic acids is 2. The fourth-order valence-corrected chi connectivity index (χ4v) is 6.48. The molecule has 0 aliphatic carbocycles. The molecule has 5 aromatic rings. The van der Waals surface area contributed by atoms with Crippen LogP contribution in [0, 0.1) is 6.92 Å². The highest BCUT2D eigenvalue weighted by Crippen LogP contribution is 2.32. The quantitative estimate of drug-likeness (QED) is 0.247. The number of hydrogen-bond donors (Lipinski definition) is 0. The van der Waals surface area contributed by atoms with Gasteiger partial charge in [-0.25, -0.2) is 0 Å². The number of anilines is 2. The molecule has 2 aliphatic heterocycles. The van der Waals surface area contributed by atoms with Crippen LogP contribution in [0.15, 0.2) is 103 Å². The van der Waals surface area contributed by atoms with Gasteiger partial charge < -0.3 is 24.0 Å². The molecule has 3 aromatic carbocycles. The Morgan fingerprint density at radius 2 is 1.58 bits per heavy atom. The number of ether oxygens (including phenoxy) is 1. The number of amides is 2. The van der Waals surface area contributed by atoms with Crippen LogP contribution in [0.25, 0.3) is 11.1 Å². The number of carbonyl (C=O) groups is 2. The fourth-order valence-electron chi connectivity index (χ4n) is 6.48. The van der Waals surface area contributed by atoms with Gasteiger partial charge in [0.15, 0.2) is 0 Å². The summed E-state index contributed by atoms with van der Waals surface area (Å²) in [5, 5.41) is 0. The topological polar surface area (TPSA) is 70.9 Å². The van der Waals surface area contributed by atoms with Gasteiger partial charge >= 0.3 is 0 Å². The van der Waals surface area contributed by atoms with E-state index in [0.29, 0.717) is 37.4 Å². The van der Waals surface area contributed by atoms with Gasteiger partial charge in [-0.3, -0.25) is 14.6 Å². The average molecular weight is 598 g/mol. The van der Waals surface area contributed by atoms with Gasteiger partial charge in [-0.05, 0) is 83.8 Å². The van der Waals surface area contributed by atoms with E-state index in [1.54, 1.807) is 19.5 Å². The number of nitrogens with zero attached hydrogens (tertiary/aromatic N) is 5. The summed E-state index contributed by atoms with van der Waals surface area (Å²) in [6, 6.07) is 29.7. The molecule has 4 heterocycles. The largest absolute Gasteiger partial charge is 0.497 e. The first kappa shape index (κ1) is 28.4. The lowest BCUT2D eigenvalue weighted by atomic mass is 9.97. The standard InChI is InChI=1S/C37H35N5O3/c1-26-22-28(10-12-33(26)27-7-5-8-32(23-27)45-2)36(43)42-25-31-11-13-35(41(31)24-29-6-3-4-9-34(29)42)37(44)40-20-18-39(19-21-40)30-14-16-38-17-15-30/h3-17,22-23H,18-21,24-25H2,1-2H3. The Hall–Kier alpha value is -5.37. The van der Waals surface area contributed by atoms with Crippen LogP contribution in [0.1, 0.15) is 37.7 Å². The van der Waals surface area contributed by atoms with Crippen molar-refractivity contribution in [2.75, 3.05) is 43.1 Å². The summed E-state index contributed by atoms with van der Waals surface area (Å²) < 4.78 is 7.50. The van der Waals surface area contributed by atoms with Crippen LogP contribution in [-0.2, 0) is 13.1 Å². The Balaban J connectivity index is 1.14. The molecule has 0 saturated carbocycles. The summed E-state index contributed by atoms with van der Waals surface area (Å²) >= 11 is 0. The van der Waals surface area contributed by atoms with Crippen LogP contribution in [0.2, 0.25) is 0 Å².